The number of methoxy groups -OCH3 is 1. The molecule has 1 saturated heterocycles. The molecule has 6 nitrogen and oxygen atoms in total. The molecule has 1 atom stereocenters. The Balaban J connectivity index is 0.00000312. The molecule has 1 heterocycles. The Morgan fingerprint density at radius 3 is 2.80 bits per heavy atom. The lowest BCUT2D eigenvalue weighted by atomic mass is 10.0. The fourth-order valence-corrected chi connectivity index (χ4v) is 3.05. The van der Waals surface area contributed by atoms with Gasteiger partial charge in [0.15, 0.2) is 0 Å². The third-order valence-corrected chi connectivity index (χ3v) is 4.23. The first kappa shape index (κ1) is 21.3. The van der Waals surface area contributed by atoms with Crippen molar-refractivity contribution in [2.75, 3.05) is 33.3 Å². The topological polar surface area (TPSA) is 70.7 Å². The van der Waals surface area contributed by atoms with E-state index in [4.69, 9.17) is 4.74 Å². The highest BCUT2D eigenvalue weighted by Gasteiger charge is 2.29. The summed E-state index contributed by atoms with van der Waals surface area (Å²) in [7, 11) is 1.65. The minimum absolute atomic E-state index is 0. The second-order valence-corrected chi connectivity index (χ2v) is 5.86. The van der Waals surface area contributed by atoms with Crippen molar-refractivity contribution in [3.63, 3.8) is 0 Å². The van der Waals surface area contributed by atoms with Crippen molar-refractivity contribution in [1.29, 1.82) is 0 Å². The van der Waals surface area contributed by atoms with E-state index in [1.54, 1.807) is 7.11 Å². The summed E-state index contributed by atoms with van der Waals surface area (Å²) in [5.41, 5.74) is 1.02. The molecule has 0 saturated carbocycles. The van der Waals surface area contributed by atoms with Gasteiger partial charge >= 0.3 is 0 Å². The van der Waals surface area contributed by atoms with Gasteiger partial charge in [-0.05, 0) is 19.4 Å². The Kier molecular flexibility index (Phi) is 9.31. The third-order valence-electron chi connectivity index (χ3n) is 4.23. The van der Waals surface area contributed by atoms with E-state index in [2.05, 4.69) is 10.6 Å². The van der Waals surface area contributed by atoms with Crippen LogP contribution in [-0.4, -0.2) is 50.0 Å². The number of piperazine rings is 1. The molecule has 1 aromatic carbocycles. The normalized spacial score (nSPS) is 16.7. The zero-order valence-corrected chi connectivity index (χ0v) is 15.7. The average Bonchev–Trinajstić information content (AvgIpc) is 2.61. The molecule has 0 aliphatic carbocycles. The van der Waals surface area contributed by atoms with Gasteiger partial charge in [0, 0.05) is 44.6 Å². The van der Waals surface area contributed by atoms with Gasteiger partial charge in [0.1, 0.15) is 5.75 Å². The molecule has 1 fully saturated rings. The lowest BCUT2D eigenvalue weighted by Crippen LogP contribution is -2.48. The van der Waals surface area contributed by atoms with Gasteiger partial charge in [0.05, 0.1) is 13.2 Å². The van der Waals surface area contributed by atoms with E-state index in [9.17, 15) is 9.59 Å². The Hall–Kier alpha value is -1.79. The van der Waals surface area contributed by atoms with E-state index >= 15 is 0 Å². The lowest BCUT2D eigenvalue weighted by molar-refractivity contribution is -0.134. The van der Waals surface area contributed by atoms with Crippen LogP contribution in [0.15, 0.2) is 24.3 Å². The quantitative estimate of drug-likeness (QED) is 0.770. The molecule has 0 radical (unpaired) electrons. The SMILES string of the molecule is CCNC(=O)CCCC(=O)N1CCNCC1c1ccccc1OC.Cl. The molecule has 1 aromatic rings. The zero-order chi connectivity index (χ0) is 17.4. The number of rotatable bonds is 7. The van der Waals surface area contributed by atoms with Crippen LogP contribution in [0, 0.1) is 0 Å². The van der Waals surface area contributed by atoms with Crippen LogP contribution in [0.4, 0.5) is 0 Å². The minimum Gasteiger partial charge on any atom is -0.496 e. The van der Waals surface area contributed by atoms with Gasteiger partial charge in [-0.25, -0.2) is 0 Å². The first-order valence-corrected chi connectivity index (χ1v) is 8.57. The number of benzene rings is 1. The number of carbonyl (C=O) groups is 2. The van der Waals surface area contributed by atoms with Crippen LogP contribution in [0.1, 0.15) is 37.8 Å². The number of para-hydroxylation sites is 1. The number of halogens is 1. The largest absolute Gasteiger partial charge is 0.496 e. The molecule has 1 aliphatic rings. The number of hydrogen-bond donors (Lipinski definition) is 2. The van der Waals surface area contributed by atoms with Crippen LogP contribution in [-0.2, 0) is 9.59 Å². The molecule has 0 aromatic heterocycles. The van der Waals surface area contributed by atoms with Crippen molar-refractivity contribution in [1.82, 2.24) is 15.5 Å². The lowest BCUT2D eigenvalue weighted by Gasteiger charge is -2.37. The number of hydrogen-bond acceptors (Lipinski definition) is 4. The summed E-state index contributed by atoms with van der Waals surface area (Å²) in [4.78, 5) is 26.1. The molecular formula is C18H28ClN3O3. The summed E-state index contributed by atoms with van der Waals surface area (Å²) < 4.78 is 5.45. The van der Waals surface area contributed by atoms with Gasteiger partial charge in [0.2, 0.25) is 11.8 Å². The average molecular weight is 370 g/mol. The predicted molar refractivity (Wildman–Crippen MR) is 100 cm³/mol. The first-order valence-electron chi connectivity index (χ1n) is 8.57. The summed E-state index contributed by atoms with van der Waals surface area (Å²) in [5, 5.41) is 6.11. The van der Waals surface area contributed by atoms with Crippen molar-refractivity contribution in [3.05, 3.63) is 29.8 Å². The van der Waals surface area contributed by atoms with Crippen LogP contribution >= 0.6 is 12.4 Å². The molecule has 140 valence electrons. The van der Waals surface area contributed by atoms with Gasteiger partial charge in [-0.15, -0.1) is 12.4 Å². The van der Waals surface area contributed by atoms with Crippen molar-refractivity contribution in [2.45, 2.75) is 32.2 Å². The summed E-state index contributed by atoms with van der Waals surface area (Å²) in [6.45, 7) is 4.68. The second kappa shape index (κ2) is 10.9. The Morgan fingerprint density at radius 2 is 2.08 bits per heavy atom. The van der Waals surface area contributed by atoms with Crippen LogP contribution in [0.2, 0.25) is 0 Å². The van der Waals surface area contributed by atoms with Crippen LogP contribution < -0.4 is 15.4 Å². The fraction of sp³-hybridized carbons (Fsp3) is 0.556. The molecule has 1 unspecified atom stereocenters. The van der Waals surface area contributed by atoms with Crippen molar-refractivity contribution in [2.24, 2.45) is 0 Å². The van der Waals surface area contributed by atoms with E-state index in [0.717, 1.165) is 17.9 Å². The maximum Gasteiger partial charge on any atom is 0.223 e. The highest BCUT2D eigenvalue weighted by molar-refractivity contribution is 5.85. The van der Waals surface area contributed by atoms with Crippen LogP contribution in [0.3, 0.4) is 0 Å². The standard InChI is InChI=1S/C18H27N3O3.ClH/c1-3-20-17(22)9-6-10-18(23)21-12-11-19-13-15(21)14-7-4-5-8-16(14)24-2;/h4-5,7-8,15,19H,3,6,9-13H2,1-2H3,(H,20,22);1H. The van der Waals surface area contributed by atoms with E-state index in [0.29, 0.717) is 38.9 Å². The van der Waals surface area contributed by atoms with Gasteiger partial charge < -0.3 is 20.3 Å². The summed E-state index contributed by atoms with van der Waals surface area (Å²) in [6.07, 6.45) is 1.36. The molecular weight excluding hydrogens is 342 g/mol. The van der Waals surface area contributed by atoms with Crippen molar-refractivity contribution >= 4 is 24.2 Å². The molecule has 0 spiro atoms. The zero-order valence-electron chi connectivity index (χ0n) is 14.9. The van der Waals surface area contributed by atoms with E-state index < -0.39 is 0 Å². The highest BCUT2D eigenvalue weighted by Crippen LogP contribution is 2.30. The smallest absolute Gasteiger partial charge is 0.223 e. The van der Waals surface area contributed by atoms with Gasteiger partial charge in [-0.3, -0.25) is 9.59 Å². The van der Waals surface area contributed by atoms with E-state index in [1.165, 1.54) is 0 Å². The Labute approximate surface area is 155 Å². The van der Waals surface area contributed by atoms with Crippen LogP contribution in [0.5, 0.6) is 5.75 Å². The molecule has 2 rings (SSSR count). The molecule has 7 heteroatoms. The minimum atomic E-state index is -0.0353. The van der Waals surface area contributed by atoms with Crippen molar-refractivity contribution < 1.29 is 14.3 Å². The van der Waals surface area contributed by atoms with E-state index in [1.807, 2.05) is 36.1 Å². The number of amides is 2. The fourth-order valence-electron chi connectivity index (χ4n) is 3.05. The second-order valence-electron chi connectivity index (χ2n) is 5.86. The number of carbonyl (C=O) groups excluding carboxylic acids is 2. The summed E-state index contributed by atoms with van der Waals surface area (Å²) >= 11 is 0. The number of nitrogens with zero attached hydrogens (tertiary/aromatic N) is 1. The predicted octanol–water partition coefficient (Wildman–Crippen LogP) is 1.90. The maximum atomic E-state index is 12.6. The maximum absolute atomic E-state index is 12.6. The van der Waals surface area contributed by atoms with Crippen molar-refractivity contribution in [3.8, 4) is 5.75 Å². The van der Waals surface area contributed by atoms with E-state index in [-0.39, 0.29) is 30.3 Å². The number of ether oxygens (including phenoxy) is 1. The number of nitrogens with one attached hydrogen (secondary N) is 2. The molecule has 1 aliphatic heterocycles. The van der Waals surface area contributed by atoms with Gasteiger partial charge in [-0.1, -0.05) is 18.2 Å². The third kappa shape index (κ3) is 5.90. The molecule has 25 heavy (non-hydrogen) atoms. The van der Waals surface area contributed by atoms with Gasteiger partial charge in [-0.2, -0.15) is 0 Å². The first-order chi connectivity index (χ1) is 11.7. The monoisotopic (exact) mass is 369 g/mol. The molecule has 2 N–H and O–H groups in total. The summed E-state index contributed by atoms with van der Waals surface area (Å²) in [6, 6.07) is 7.78. The molecule has 0 bridgehead atoms. The summed E-state index contributed by atoms with van der Waals surface area (Å²) in [5.74, 6) is 0.898. The van der Waals surface area contributed by atoms with Crippen LogP contribution in [0.25, 0.3) is 0 Å². The Bertz CT molecular complexity index is 568. The Morgan fingerprint density at radius 1 is 1.32 bits per heavy atom. The van der Waals surface area contributed by atoms with Gasteiger partial charge in [0.25, 0.3) is 0 Å². The highest BCUT2D eigenvalue weighted by atomic mass is 35.5. The molecule has 2 amide bonds.